The van der Waals surface area contributed by atoms with E-state index in [0.717, 1.165) is 30.1 Å². The molecule has 0 amide bonds. The third kappa shape index (κ3) is 3.39. The predicted molar refractivity (Wildman–Crippen MR) is 83.6 cm³/mol. The van der Waals surface area contributed by atoms with Crippen molar-refractivity contribution in [3.63, 3.8) is 0 Å². The van der Waals surface area contributed by atoms with Crippen LogP contribution in [0.4, 0.5) is 0 Å². The Bertz CT molecular complexity index is 392. The van der Waals surface area contributed by atoms with Gasteiger partial charge in [0.25, 0.3) is 0 Å². The van der Waals surface area contributed by atoms with Crippen molar-refractivity contribution in [2.75, 3.05) is 26.8 Å². The molecule has 1 fully saturated rings. The summed E-state index contributed by atoms with van der Waals surface area (Å²) in [5, 5.41) is 3.58. The van der Waals surface area contributed by atoms with Crippen LogP contribution in [0.3, 0.4) is 0 Å². The van der Waals surface area contributed by atoms with Gasteiger partial charge in [0.2, 0.25) is 0 Å². The lowest BCUT2D eigenvalue weighted by Gasteiger charge is -2.35. The van der Waals surface area contributed by atoms with E-state index in [1.165, 1.54) is 24.8 Å². The zero-order chi connectivity index (χ0) is 13.7. The first-order chi connectivity index (χ1) is 9.19. The molecule has 2 rings (SSSR count). The van der Waals surface area contributed by atoms with Gasteiger partial charge in [-0.3, -0.25) is 0 Å². The second-order valence-electron chi connectivity index (χ2n) is 5.63. The quantitative estimate of drug-likeness (QED) is 0.804. The van der Waals surface area contributed by atoms with Gasteiger partial charge in [-0.2, -0.15) is 0 Å². The second kappa shape index (κ2) is 6.87. The molecule has 3 heteroatoms. The average molecular weight is 326 g/mol. The fourth-order valence-electron chi connectivity index (χ4n) is 3.31. The van der Waals surface area contributed by atoms with Gasteiger partial charge < -0.3 is 10.1 Å². The Morgan fingerprint density at radius 1 is 1.37 bits per heavy atom. The van der Waals surface area contributed by atoms with E-state index in [2.05, 4.69) is 52.4 Å². The Kier molecular flexibility index (Phi) is 5.43. The van der Waals surface area contributed by atoms with Crippen LogP contribution in [0.5, 0.6) is 0 Å². The molecule has 2 atom stereocenters. The molecule has 1 aliphatic rings. The van der Waals surface area contributed by atoms with E-state index in [-0.39, 0.29) is 0 Å². The largest absolute Gasteiger partial charge is 0.383 e. The van der Waals surface area contributed by atoms with E-state index < -0.39 is 0 Å². The summed E-state index contributed by atoms with van der Waals surface area (Å²) < 4.78 is 6.28. The molecule has 0 heterocycles. The number of hydrogen-bond acceptors (Lipinski definition) is 2. The molecule has 1 aromatic carbocycles. The number of methoxy groups -OCH3 is 1. The van der Waals surface area contributed by atoms with Crippen molar-refractivity contribution in [3.8, 4) is 0 Å². The molecule has 0 bridgehead atoms. The van der Waals surface area contributed by atoms with E-state index in [1.807, 2.05) is 0 Å². The minimum absolute atomic E-state index is 0.300. The molecule has 0 spiro atoms. The summed E-state index contributed by atoms with van der Waals surface area (Å²) in [5.74, 6) is 0.740. The summed E-state index contributed by atoms with van der Waals surface area (Å²) in [6.07, 6.45) is 3.96. The molecule has 19 heavy (non-hydrogen) atoms. The Morgan fingerprint density at radius 3 is 2.68 bits per heavy atom. The van der Waals surface area contributed by atoms with E-state index >= 15 is 0 Å². The van der Waals surface area contributed by atoms with Crippen molar-refractivity contribution in [2.24, 2.45) is 5.92 Å². The number of benzene rings is 1. The molecule has 2 unspecified atom stereocenters. The SMILES string of the molecule is COCCNCC1(c2ccc(Br)cc2)CCCC1C. The molecule has 2 nitrogen and oxygen atoms in total. The molecule has 1 aliphatic carbocycles. The summed E-state index contributed by atoms with van der Waals surface area (Å²) in [5.41, 5.74) is 1.78. The first-order valence-corrected chi connectivity index (χ1v) is 7.94. The zero-order valence-corrected chi connectivity index (χ0v) is 13.5. The topological polar surface area (TPSA) is 21.3 Å². The van der Waals surface area contributed by atoms with Crippen LogP contribution in [0.1, 0.15) is 31.7 Å². The van der Waals surface area contributed by atoms with E-state index in [4.69, 9.17) is 4.74 Å². The second-order valence-corrected chi connectivity index (χ2v) is 6.54. The highest BCUT2D eigenvalue weighted by molar-refractivity contribution is 9.10. The maximum atomic E-state index is 5.12. The normalized spacial score (nSPS) is 26.8. The number of ether oxygens (including phenoxy) is 1. The van der Waals surface area contributed by atoms with Crippen LogP contribution >= 0.6 is 15.9 Å². The van der Waals surface area contributed by atoms with Gasteiger partial charge >= 0.3 is 0 Å². The molecule has 1 aromatic rings. The molecule has 0 saturated heterocycles. The summed E-state index contributed by atoms with van der Waals surface area (Å²) >= 11 is 3.53. The van der Waals surface area contributed by atoms with Gasteiger partial charge in [0.1, 0.15) is 0 Å². The first kappa shape index (κ1) is 15.0. The van der Waals surface area contributed by atoms with Gasteiger partial charge in [-0.05, 0) is 36.5 Å². The molecule has 1 N–H and O–H groups in total. The number of rotatable bonds is 6. The third-order valence-corrected chi connectivity index (χ3v) is 5.07. The monoisotopic (exact) mass is 325 g/mol. The highest BCUT2D eigenvalue weighted by Crippen LogP contribution is 2.45. The summed E-state index contributed by atoms with van der Waals surface area (Å²) in [6, 6.07) is 8.89. The van der Waals surface area contributed by atoms with Crippen molar-refractivity contribution < 1.29 is 4.74 Å². The molecule has 0 radical (unpaired) electrons. The van der Waals surface area contributed by atoms with Gasteiger partial charge in [0.15, 0.2) is 0 Å². The minimum Gasteiger partial charge on any atom is -0.383 e. The van der Waals surface area contributed by atoms with Gasteiger partial charge in [0, 0.05) is 30.1 Å². The van der Waals surface area contributed by atoms with E-state index in [1.54, 1.807) is 7.11 Å². The number of halogens is 1. The van der Waals surface area contributed by atoms with Crippen LogP contribution in [0, 0.1) is 5.92 Å². The average Bonchev–Trinajstić information content (AvgIpc) is 2.78. The van der Waals surface area contributed by atoms with Crippen LogP contribution in [-0.2, 0) is 10.2 Å². The van der Waals surface area contributed by atoms with Crippen molar-refractivity contribution in [1.29, 1.82) is 0 Å². The number of nitrogens with one attached hydrogen (secondary N) is 1. The van der Waals surface area contributed by atoms with Gasteiger partial charge in [0.05, 0.1) is 6.61 Å². The molecular weight excluding hydrogens is 302 g/mol. The Morgan fingerprint density at radius 2 is 2.11 bits per heavy atom. The third-order valence-electron chi connectivity index (χ3n) is 4.55. The van der Waals surface area contributed by atoms with Crippen molar-refractivity contribution in [2.45, 2.75) is 31.6 Å². The zero-order valence-electron chi connectivity index (χ0n) is 11.9. The maximum absolute atomic E-state index is 5.12. The van der Waals surface area contributed by atoms with Crippen LogP contribution in [-0.4, -0.2) is 26.8 Å². The fraction of sp³-hybridized carbons (Fsp3) is 0.625. The van der Waals surface area contributed by atoms with Gasteiger partial charge in [-0.1, -0.05) is 41.4 Å². The molecule has 106 valence electrons. The van der Waals surface area contributed by atoms with Gasteiger partial charge in [-0.25, -0.2) is 0 Å². The minimum atomic E-state index is 0.300. The van der Waals surface area contributed by atoms with Crippen LogP contribution in [0.25, 0.3) is 0 Å². The Labute approximate surface area is 125 Å². The molecule has 0 aliphatic heterocycles. The van der Waals surface area contributed by atoms with E-state index in [0.29, 0.717) is 5.41 Å². The smallest absolute Gasteiger partial charge is 0.0587 e. The fourth-order valence-corrected chi connectivity index (χ4v) is 3.57. The lowest BCUT2D eigenvalue weighted by Crippen LogP contribution is -2.41. The van der Waals surface area contributed by atoms with Crippen LogP contribution < -0.4 is 5.32 Å². The summed E-state index contributed by atoms with van der Waals surface area (Å²) in [7, 11) is 1.75. The van der Waals surface area contributed by atoms with Crippen molar-refractivity contribution in [3.05, 3.63) is 34.3 Å². The highest BCUT2D eigenvalue weighted by atomic mass is 79.9. The standard InChI is InChI=1S/C16H24BrNO/c1-13-4-3-9-16(13,12-18-10-11-19-2)14-5-7-15(17)8-6-14/h5-8,13,18H,3-4,9-12H2,1-2H3. The maximum Gasteiger partial charge on any atom is 0.0587 e. The van der Waals surface area contributed by atoms with Crippen molar-refractivity contribution in [1.82, 2.24) is 5.32 Å². The van der Waals surface area contributed by atoms with Gasteiger partial charge in [-0.15, -0.1) is 0 Å². The lowest BCUT2D eigenvalue weighted by atomic mass is 9.73. The van der Waals surface area contributed by atoms with Crippen molar-refractivity contribution >= 4 is 15.9 Å². The Hall–Kier alpha value is -0.380. The summed E-state index contributed by atoms with van der Waals surface area (Å²) in [6.45, 7) is 5.17. The highest BCUT2D eigenvalue weighted by Gasteiger charge is 2.41. The lowest BCUT2D eigenvalue weighted by molar-refractivity contribution is 0.194. The van der Waals surface area contributed by atoms with Crippen LogP contribution in [0.15, 0.2) is 28.7 Å². The Balaban J connectivity index is 2.13. The predicted octanol–water partition coefficient (Wildman–Crippen LogP) is 3.74. The van der Waals surface area contributed by atoms with Crippen LogP contribution in [0.2, 0.25) is 0 Å². The summed E-state index contributed by atoms with van der Waals surface area (Å²) in [4.78, 5) is 0. The number of hydrogen-bond donors (Lipinski definition) is 1. The molecule has 1 saturated carbocycles. The van der Waals surface area contributed by atoms with E-state index in [9.17, 15) is 0 Å². The molecule has 0 aromatic heterocycles. The first-order valence-electron chi connectivity index (χ1n) is 7.15. The molecular formula is C16H24BrNO.